The maximum Gasteiger partial charge on any atom is 0.523 e. The summed E-state index contributed by atoms with van der Waals surface area (Å²) in [5.74, 6) is 0. The highest BCUT2D eigenvalue weighted by molar-refractivity contribution is 7.87. The molecule has 0 fully saturated rings. The minimum atomic E-state index is -6.35. The Kier molecular flexibility index (Phi) is 4.15. The van der Waals surface area contributed by atoms with E-state index in [1.165, 1.54) is 6.07 Å². The summed E-state index contributed by atoms with van der Waals surface area (Å²) in [6.45, 7) is 0. The summed E-state index contributed by atoms with van der Waals surface area (Å²) in [5.41, 5.74) is -6.67. The molecule has 1 rings (SSSR count). The third kappa shape index (κ3) is 3.83. The van der Waals surface area contributed by atoms with Gasteiger partial charge in [0, 0.05) is 0 Å². The van der Waals surface area contributed by atoms with E-state index in [4.69, 9.17) is 0 Å². The number of halogens is 6. The molecule has 19 heavy (non-hydrogen) atoms. The summed E-state index contributed by atoms with van der Waals surface area (Å²) in [7, 11) is -6.35. The molecular weight excluding hydrogens is 302 g/mol. The minimum absolute atomic E-state index is 0.747. The Morgan fingerprint density at radius 3 is 1.79 bits per heavy atom. The van der Waals surface area contributed by atoms with Gasteiger partial charge >= 0.3 is 21.8 Å². The molecule has 1 aromatic rings. The van der Waals surface area contributed by atoms with Crippen molar-refractivity contribution in [1.29, 1.82) is 0 Å². The van der Waals surface area contributed by atoms with Crippen LogP contribution < -0.4 is 0 Å². The highest BCUT2D eigenvalue weighted by atomic mass is 32.2. The van der Waals surface area contributed by atoms with Crippen LogP contribution in [0.15, 0.2) is 30.3 Å². The first-order valence-corrected chi connectivity index (χ1v) is 5.97. The second kappa shape index (κ2) is 5.00. The average Bonchev–Trinajstić information content (AvgIpc) is 2.24. The molecular formula is C9H6F6O3S. The van der Waals surface area contributed by atoms with E-state index in [-0.39, 0.29) is 0 Å². The Morgan fingerprint density at radius 1 is 0.947 bits per heavy atom. The second-order valence-electron chi connectivity index (χ2n) is 3.33. The van der Waals surface area contributed by atoms with E-state index in [0.717, 1.165) is 24.3 Å². The van der Waals surface area contributed by atoms with Crippen LogP contribution in [0.4, 0.5) is 26.3 Å². The van der Waals surface area contributed by atoms with E-state index in [1.807, 2.05) is 0 Å². The zero-order valence-electron chi connectivity index (χ0n) is 8.86. The first-order valence-electron chi connectivity index (χ1n) is 4.56. The molecule has 1 aromatic carbocycles. The number of benzene rings is 1. The van der Waals surface area contributed by atoms with E-state index in [9.17, 15) is 34.8 Å². The molecule has 0 saturated carbocycles. The third-order valence-corrected chi connectivity index (χ3v) is 2.92. The first-order chi connectivity index (χ1) is 8.45. The molecule has 0 aromatic heterocycles. The maximum absolute atomic E-state index is 12.6. The van der Waals surface area contributed by atoms with Gasteiger partial charge in [-0.15, -0.1) is 0 Å². The molecule has 108 valence electrons. The van der Waals surface area contributed by atoms with Crippen molar-refractivity contribution in [3.63, 3.8) is 0 Å². The highest BCUT2D eigenvalue weighted by Crippen LogP contribution is 2.39. The van der Waals surface area contributed by atoms with Crippen molar-refractivity contribution in [3.8, 4) is 0 Å². The van der Waals surface area contributed by atoms with Crippen LogP contribution in [0.1, 0.15) is 11.7 Å². The van der Waals surface area contributed by atoms with Crippen molar-refractivity contribution >= 4 is 10.1 Å². The van der Waals surface area contributed by atoms with Gasteiger partial charge in [0.25, 0.3) is 0 Å². The lowest BCUT2D eigenvalue weighted by molar-refractivity contribution is -0.200. The molecule has 10 heteroatoms. The second-order valence-corrected chi connectivity index (χ2v) is 4.89. The van der Waals surface area contributed by atoms with Gasteiger partial charge < -0.3 is 0 Å². The topological polar surface area (TPSA) is 43.4 Å². The van der Waals surface area contributed by atoms with Crippen molar-refractivity contribution in [2.75, 3.05) is 0 Å². The summed E-state index contributed by atoms with van der Waals surface area (Å²) in [5, 5.41) is 0. The van der Waals surface area contributed by atoms with E-state index < -0.39 is 33.5 Å². The Balaban J connectivity index is 3.17. The van der Waals surface area contributed by atoms with Crippen molar-refractivity contribution in [1.82, 2.24) is 0 Å². The Morgan fingerprint density at radius 2 is 1.42 bits per heavy atom. The van der Waals surface area contributed by atoms with Crippen LogP contribution in [-0.2, 0) is 14.3 Å². The number of rotatable bonds is 3. The van der Waals surface area contributed by atoms with E-state index in [2.05, 4.69) is 4.18 Å². The molecule has 0 unspecified atom stereocenters. The first kappa shape index (κ1) is 15.8. The van der Waals surface area contributed by atoms with E-state index >= 15 is 0 Å². The van der Waals surface area contributed by atoms with Crippen LogP contribution >= 0.6 is 0 Å². The van der Waals surface area contributed by atoms with Crippen LogP contribution in [0.2, 0.25) is 0 Å². The molecule has 0 N–H and O–H groups in total. The zero-order valence-corrected chi connectivity index (χ0v) is 9.68. The van der Waals surface area contributed by atoms with Gasteiger partial charge in [-0.25, -0.2) is 4.18 Å². The van der Waals surface area contributed by atoms with Gasteiger partial charge in [-0.3, -0.25) is 0 Å². The molecule has 0 aliphatic rings. The van der Waals surface area contributed by atoms with Crippen molar-refractivity contribution < 1.29 is 38.9 Å². The standard InChI is InChI=1S/C9H6F6O3S/c10-8(11,12)7(6-4-2-1-3-5-6)18-19(16,17)9(13,14)15/h1-5,7H/t7-/m1/s1. The molecule has 0 aliphatic heterocycles. The number of hydrogen-bond donors (Lipinski definition) is 0. The monoisotopic (exact) mass is 308 g/mol. The predicted molar refractivity (Wildman–Crippen MR) is 51.3 cm³/mol. The highest BCUT2D eigenvalue weighted by Gasteiger charge is 2.53. The van der Waals surface area contributed by atoms with Gasteiger partial charge in [0.05, 0.1) is 0 Å². The van der Waals surface area contributed by atoms with Gasteiger partial charge in [-0.2, -0.15) is 34.8 Å². The van der Waals surface area contributed by atoms with E-state index in [0.29, 0.717) is 0 Å². The predicted octanol–water partition coefficient (Wildman–Crippen LogP) is 3.16. The summed E-state index contributed by atoms with van der Waals surface area (Å²) in [6.07, 6.45) is -8.51. The van der Waals surface area contributed by atoms with Crippen LogP contribution in [0, 0.1) is 0 Å². The van der Waals surface area contributed by atoms with Gasteiger partial charge in [0.15, 0.2) is 6.10 Å². The zero-order chi connectivity index (χ0) is 14.9. The fraction of sp³-hybridized carbons (Fsp3) is 0.333. The Hall–Kier alpha value is -1.29. The van der Waals surface area contributed by atoms with Crippen molar-refractivity contribution in [2.24, 2.45) is 0 Å². The van der Waals surface area contributed by atoms with Gasteiger partial charge in [0.2, 0.25) is 0 Å². The van der Waals surface area contributed by atoms with Crippen LogP contribution in [-0.4, -0.2) is 20.1 Å². The molecule has 0 saturated heterocycles. The molecule has 0 radical (unpaired) electrons. The van der Waals surface area contributed by atoms with Crippen LogP contribution in [0.25, 0.3) is 0 Å². The van der Waals surface area contributed by atoms with Crippen molar-refractivity contribution in [3.05, 3.63) is 35.9 Å². The fourth-order valence-corrected chi connectivity index (χ4v) is 1.69. The van der Waals surface area contributed by atoms with E-state index in [1.54, 1.807) is 0 Å². The third-order valence-electron chi connectivity index (χ3n) is 1.91. The van der Waals surface area contributed by atoms with Crippen molar-refractivity contribution in [2.45, 2.75) is 17.8 Å². The molecule has 1 atom stereocenters. The van der Waals surface area contributed by atoms with Crippen LogP contribution in [0.5, 0.6) is 0 Å². The molecule has 0 spiro atoms. The Labute approximate surface area is 103 Å². The molecule has 0 aliphatic carbocycles. The van der Waals surface area contributed by atoms with Gasteiger partial charge in [-0.1, -0.05) is 30.3 Å². The smallest absolute Gasteiger partial charge is 0.245 e. The quantitative estimate of drug-likeness (QED) is 0.489. The summed E-state index contributed by atoms with van der Waals surface area (Å²) in [4.78, 5) is 0. The van der Waals surface area contributed by atoms with Crippen LogP contribution in [0.3, 0.4) is 0 Å². The van der Waals surface area contributed by atoms with Gasteiger partial charge in [-0.05, 0) is 5.56 Å². The summed E-state index contributed by atoms with van der Waals surface area (Å²) in [6, 6.07) is 5.15. The lowest BCUT2D eigenvalue weighted by Crippen LogP contribution is -2.32. The molecule has 0 bridgehead atoms. The number of hydrogen-bond acceptors (Lipinski definition) is 3. The molecule has 0 heterocycles. The largest absolute Gasteiger partial charge is 0.523 e. The summed E-state index contributed by atoms with van der Waals surface area (Å²) >= 11 is 0. The normalized spacial score (nSPS) is 15.3. The fourth-order valence-electron chi connectivity index (χ4n) is 1.11. The van der Waals surface area contributed by atoms with Gasteiger partial charge in [0.1, 0.15) is 0 Å². The minimum Gasteiger partial charge on any atom is -0.245 e. The Bertz CT molecular complexity index is 519. The lowest BCUT2D eigenvalue weighted by atomic mass is 10.1. The summed E-state index contributed by atoms with van der Waals surface area (Å²) < 4.78 is 98.3. The molecule has 0 amide bonds. The maximum atomic E-state index is 12.6. The SMILES string of the molecule is O=S(=O)(O[C@H](c1ccccc1)C(F)(F)F)C(F)(F)F. The molecule has 3 nitrogen and oxygen atoms in total. The number of alkyl halides is 6. The lowest BCUT2D eigenvalue weighted by Gasteiger charge is -2.21. The average molecular weight is 308 g/mol.